The lowest BCUT2D eigenvalue weighted by Crippen LogP contribution is -2.23. The fraction of sp³-hybridized carbons (Fsp3) is 0.583. The fourth-order valence-electron chi connectivity index (χ4n) is 2.91. The molecule has 0 amide bonds. The van der Waals surface area contributed by atoms with E-state index in [1.54, 1.807) is 24.3 Å². The quantitative estimate of drug-likeness (QED) is 0.562. The van der Waals surface area contributed by atoms with Crippen molar-refractivity contribution >= 4 is 0 Å². The predicted octanol–water partition coefficient (Wildman–Crippen LogP) is 2.55. The SMILES string of the molecule is CC1COCCOCCOc2cccc(n2)OCCOCCOCC(C)Oc2cccc(n2)O1. The van der Waals surface area contributed by atoms with Crippen molar-refractivity contribution in [2.75, 3.05) is 66.1 Å². The summed E-state index contributed by atoms with van der Waals surface area (Å²) < 4.78 is 45.2. The molecule has 2 unspecified atom stereocenters. The second-order valence-electron chi connectivity index (χ2n) is 7.56. The lowest BCUT2D eigenvalue weighted by Gasteiger charge is -2.17. The van der Waals surface area contributed by atoms with E-state index in [0.717, 1.165) is 0 Å². The van der Waals surface area contributed by atoms with Crippen LogP contribution in [0.5, 0.6) is 23.5 Å². The molecule has 0 aliphatic carbocycles. The first kappa shape index (κ1) is 26.0. The summed E-state index contributed by atoms with van der Waals surface area (Å²) in [5.74, 6) is 1.91. The molecule has 188 valence electrons. The lowest BCUT2D eigenvalue weighted by molar-refractivity contribution is 0.00626. The molecule has 2 aromatic rings. The predicted molar refractivity (Wildman–Crippen MR) is 123 cm³/mol. The third-order valence-corrected chi connectivity index (χ3v) is 4.44. The van der Waals surface area contributed by atoms with Crippen LogP contribution in [0.25, 0.3) is 0 Å². The summed E-state index contributed by atoms with van der Waals surface area (Å²) in [6.45, 7) is 8.07. The van der Waals surface area contributed by atoms with Crippen LogP contribution >= 0.6 is 0 Å². The second-order valence-corrected chi connectivity index (χ2v) is 7.56. The zero-order chi connectivity index (χ0) is 23.8. The number of aromatic nitrogens is 2. The first-order chi connectivity index (χ1) is 16.7. The molecule has 0 spiro atoms. The fourth-order valence-corrected chi connectivity index (χ4v) is 2.91. The Kier molecular flexibility index (Phi) is 11.7. The molecule has 1 aliphatic rings. The van der Waals surface area contributed by atoms with Gasteiger partial charge in [-0.15, -0.1) is 0 Å². The molecule has 0 saturated carbocycles. The topological polar surface area (TPSA) is 99.6 Å². The van der Waals surface area contributed by atoms with Gasteiger partial charge in [0.15, 0.2) is 0 Å². The van der Waals surface area contributed by atoms with Crippen molar-refractivity contribution in [3.05, 3.63) is 36.4 Å². The maximum atomic E-state index is 5.83. The highest BCUT2D eigenvalue weighted by molar-refractivity contribution is 5.20. The van der Waals surface area contributed by atoms with Crippen molar-refractivity contribution in [1.82, 2.24) is 9.97 Å². The van der Waals surface area contributed by atoms with E-state index in [1.165, 1.54) is 0 Å². The highest BCUT2D eigenvalue weighted by Crippen LogP contribution is 2.16. The lowest BCUT2D eigenvalue weighted by atomic mass is 10.4. The van der Waals surface area contributed by atoms with E-state index < -0.39 is 0 Å². The van der Waals surface area contributed by atoms with Gasteiger partial charge in [-0.1, -0.05) is 12.1 Å². The van der Waals surface area contributed by atoms with Gasteiger partial charge in [-0.2, -0.15) is 9.97 Å². The van der Waals surface area contributed by atoms with E-state index in [0.29, 0.717) is 89.6 Å². The Morgan fingerprint density at radius 2 is 0.912 bits per heavy atom. The third kappa shape index (κ3) is 10.5. The van der Waals surface area contributed by atoms with Crippen LogP contribution in [-0.4, -0.2) is 88.2 Å². The molecule has 0 saturated heterocycles. The third-order valence-electron chi connectivity index (χ3n) is 4.44. The minimum atomic E-state index is -0.175. The normalized spacial score (nSPS) is 22.3. The highest BCUT2D eigenvalue weighted by atomic mass is 16.6. The van der Waals surface area contributed by atoms with Gasteiger partial charge in [-0.05, 0) is 13.8 Å². The monoisotopic (exact) mass is 478 g/mol. The van der Waals surface area contributed by atoms with Crippen LogP contribution in [0.3, 0.4) is 0 Å². The molecular formula is C24H34N2O8. The molecular weight excluding hydrogens is 444 g/mol. The van der Waals surface area contributed by atoms with Crippen LogP contribution in [-0.2, 0) is 18.9 Å². The van der Waals surface area contributed by atoms with Crippen LogP contribution in [0.4, 0.5) is 0 Å². The number of ether oxygens (including phenoxy) is 8. The van der Waals surface area contributed by atoms with E-state index in [-0.39, 0.29) is 12.2 Å². The Bertz CT molecular complexity index is 767. The molecule has 2 atom stereocenters. The molecule has 4 bridgehead atoms. The zero-order valence-electron chi connectivity index (χ0n) is 19.9. The largest absolute Gasteiger partial charge is 0.475 e. The number of hydrogen-bond acceptors (Lipinski definition) is 10. The second kappa shape index (κ2) is 15.3. The summed E-state index contributed by atoms with van der Waals surface area (Å²) in [5, 5.41) is 0. The van der Waals surface area contributed by atoms with E-state index in [4.69, 9.17) is 37.9 Å². The van der Waals surface area contributed by atoms with Crippen molar-refractivity contribution in [2.24, 2.45) is 0 Å². The van der Waals surface area contributed by atoms with Crippen molar-refractivity contribution < 1.29 is 37.9 Å². The smallest absolute Gasteiger partial charge is 0.216 e. The van der Waals surface area contributed by atoms with Crippen molar-refractivity contribution in [3.8, 4) is 23.5 Å². The summed E-state index contributed by atoms with van der Waals surface area (Å²) in [7, 11) is 0. The van der Waals surface area contributed by atoms with Crippen LogP contribution in [0.1, 0.15) is 13.8 Å². The maximum absolute atomic E-state index is 5.83. The first-order valence-electron chi connectivity index (χ1n) is 11.5. The van der Waals surface area contributed by atoms with Crippen molar-refractivity contribution in [3.63, 3.8) is 0 Å². The van der Waals surface area contributed by atoms with Crippen molar-refractivity contribution in [2.45, 2.75) is 26.1 Å². The number of fused-ring (bicyclic) bond motifs is 4. The van der Waals surface area contributed by atoms with E-state index in [2.05, 4.69) is 9.97 Å². The maximum Gasteiger partial charge on any atom is 0.216 e. The number of pyridine rings is 2. The summed E-state index contributed by atoms with van der Waals surface area (Å²) in [6, 6.07) is 10.8. The zero-order valence-corrected chi connectivity index (χ0v) is 19.9. The molecule has 10 heteroatoms. The Morgan fingerprint density at radius 1 is 0.529 bits per heavy atom. The van der Waals surface area contributed by atoms with Gasteiger partial charge in [0.2, 0.25) is 23.5 Å². The molecule has 1 aliphatic heterocycles. The number of hydrogen-bond donors (Lipinski definition) is 0. The summed E-state index contributed by atoms with van der Waals surface area (Å²) >= 11 is 0. The van der Waals surface area contributed by atoms with Gasteiger partial charge in [-0.3, -0.25) is 0 Å². The van der Waals surface area contributed by atoms with Gasteiger partial charge in [0, 0.05) is 24.3 Å². The number of rotatable bonds is 0. The standard InChI is InChI=1S/C24H34N2O8/c1-19-17-29-11-9-27-13-15-31-21-5-3-6-22(25-21)32-16-14-28-10-12-30-18-20(2)34-24-8-4-7-23(26-24)33-19/h3-8,19-20H,9-18H2,1-2H3. The van der Waals surface area contributed by atoms with Crippen LogP contribution in [0, 0.1) is 0 Å². The summed E-state index contributed by atoms with van der Waals surface area (Å²) in [6.07, 6.45) is -0.350. The van der Waals surface area contributed by atoms with Crippen LogP contribution < -0.4 is 18.9 Å². The number of nitrogens with zero attached hydrogens (tertiary/aromatic N) is 2. The van der Waals surface area contributed by atoms with Gasteiger partial charge in [0.25, 0.3) is 0 Å². The minimum Gasteiger partial charge on any atom is -0.475 e. The van der Waals surface area contributed by atoms with Gasteiger partial charge >= 0.3 is 0 Å². The van der Waals surface area contributed by atoms with E-state index in [9.17, 15) is 0 Å². The van der Waals surface area contributed by atoms with Gasteiger partial charge in [0.05, 0.1) is 52.9 Å². The Hall–Kier alpha value is -2.66. The molecule has 3 heterocycles. The van der Waals surface area contributed by atoms with Gasteiger partial charge in [0.1, 0.15) is 25.4 Å². The molecule has 0 radical (unpaired) electrons. The first-order valence-corrected chi connectivity index (χ1v) is 11.5. The van der Waals surface area contributed by atoms with Gasteiger partial charge in [-0.25, -0.2) is 0 Å². The Morgan fingerprint density at radius 3 is 1.41 bits per heavy atom. The molecule has 34 heavy (non-hydrogen) atoms. The molecule has 0 fully saturated rings. The Balaban J connectivity index is 1.48. The molecule has 10 nitrogen and oxygen atoms in total. The molecule has 2 aromatic heterocycles. The average molecular weight is 479 g/mol. The highest BCUT2D eigenvalue weighted by Gasteiger charge is 2.10. The van der Waals surface area contributed by atoms with E-state index in [1.807, 2.05) is 26.0 Å². The molecule has 0 aromatic carbocycles. The van der Waals surface area contributed by atoms with Crippen LogP contribution in [0.2, 0.25) is 0 Å². The summed E-state index contributed by atoms with van der Waals surface area (Å²) in [4.78, 5) is 8.71. The van der Waals surface area contributed by atoms with Gasteiger partial charge < -0.3 is 37.9 Å². The van der Waals surface area contributed by atoms with Crippen molar-refractivity contribution in [1.29, 1.82) is 0 Å². The average Bonchev–Trinajstić information content (AvgIpc) is 2.82. The summed E-state index contributed by atoms with van der Waals surface area (Å²) in [5.41, 5.74) is 0. The van der Waals surface area contributed by atoms with Crippen LogP contribution in [0.15, 0.2) is 36.4 Å². The van der Waals surface area contributed by atoms with E-state index >= 15 is 0 Å². The molecule has 3 rings (SSSR count). The minimum absolute atomic E-state index is 0.175. The molecule has 0 N–H and O–H groups in total. The Labute approximate surface area is 200 Å².